The molecule has 8 heteroatoms. The molecule has 0 spiro atoms. The number of ether oxygens (including phenoxy) is 2. The smallest absolute Gasteiger partial charge is 0.414 e. The lowest BCUT2D eigenvalue weighted by molar-refractivity contribution is 0.0926. The SMILES string of the molecule is CCOC(=O)NC(=O)c1ccsc1NC(=O)c1ccc2c(c1)OCC2. The molecule has 130 valence electrons. The summed E-state index contributed by atoms with van der Waals surface area (Å²) in [6.07, 6.45) is 0.00658. The third-order valence-corrected chi connectivity index (χ3v) is 4.42. The molecule has 0 radical (unpaired) electrons. The van der Waals surface area contributed by atoms with Gasteiger partial charge in [0.05, 0.1) is 18.8 Å². The van der Waals surface area contributed by atoms with Crippen molar-refractivity contribution in [1.29, 1.82) is 0 Å². The van der Waals surface area contributed by atoms with Gasteiger partial charge in [-0.3, -0.25) is 14.9 Å². The van der Waals surface area contributed by atoms with Crippen molar-refractivity contribution in [3.63, 3.8) is 0 Å². The van der Waals surface area contributed by atoms with Gasteiger partial charge >= 0.3 is 6.09 Å². The zero-order valence-corrected chi connectivity index (χ0v) is 14.3. The van der Waals surface area contributed by atoms with Crippen LogP contribution in [-0.2, 0) is 11.2 Å². The number of benzene rings is 1. The van der Waals surface area contributed by atoms with Crippen LogP contribution in [0.4, 0.5) is 9.80 Å². The Morgan fingerprint density at radius 1 is 1.24 bits per heavy atom. The molecule has 0 unspecified atom stereocenters. The van der Waals surface area contributed by atoms with E-state index in [1.807, 2.05) is 6.07 Å². The second-order valence-electron chi connectivity index (χ2n) is 5.21. The first-order valence-corrected chi connectivity index (χ1v) is 8.59. The molecule has 0 saturated heterocycles. The highest BCUT2D eigenvalue weighted by Crippen LogP contribution is 2.28. The molecule has 1 aliphatic rings. The summed E-state index contributed by atoms with van der Waals surface area (Å²) < 4.78 is 10.1. The molecule has 1 aliphatic heterocycles. The zero-order valence-electron chi connectivity index (χ0n) is 13.5. The van der Waals surface area contributed by atoms with Crippen LogP contribution in [0.5, 0.6) is 5.75 Å². The predicted molar refractivity (Wildman–Crippen MR) is 92.4 cm³/mol. The van der Waals surface area contributed by atoms with Crippen molar-refractivity contribution in [2.24, 2.45) is 0 Å². The maximum atomic E-state index is 12.4. The molecule has 0 bridgehead atoms. The Hall–Kier alpha value is -2.87. The fourth-order valence-electron chi connectivity index (χ4n) is 2.39. The molecule has 2 heterocycles. The van der Waals surface area contributed by atoms with E-state index >= 15 is 0 Å². The average Bonchev–Trinajstić information content (AvgIpc) is 3.22. The number of fused-ring (bicyclic) bond motifs is 1. The van der Waals surface area contributed by atoms with Crippen LogP contribution < -0.4 is 15.4 Å². The second-order valence-corrected chi connectivity index (χ2v) is 6.13. The highest BCUT2D eigenvalue weighted by molar-refractivity contribution is 7.14. The molecule has 25 heavy (non-hydrogen) atoms. The normalized spacial score (nSPS) is 12.0. The van der Waals surface area contributed by atoms with Crippen LogP contribution in [0.2, 0.25) is 0 Å². The molecule has 2 N–H and O–H groups in total. The Kier molecular flexibility index (Phi) is 4.99. The van der Waals surface area contributed by atoms with Crippen molar-refractivity contribution in [1.82, 2.24) is 5.32 Å². The summed E-state index contributed by atoms with van der Waals surface area (Å²) in [4.78, 5) is 35.9. The van der Waals surface area contributed by atoms with Crippen molar-refractivity contribution in [2.75, 3.05) is 18.5 Å². The van der Waals surface area contributed by atoms with Crippen molar-refractivity contribution < 1.29 is 23.9 Å². The van der Waals surface area contributed by atoms with Crippen LogP contribution >= 0.6 is 11.3 Å². The number of carbonyl (C=O) groups excluding carboxylic acids is 3. The monoisotopic (exact) mass is 360 g/mol. The summed E-state index contributed by atoms with van der Waals surface area (Å²) in [5.41, 5.74) is 1.71. The highest BCUT2D eigenvalue weighted by Gasteiger charge is 2.20. The predicted octanol–water partition coefficient (Wildman–Crippen LogP) is 2.82. The number of nitrogens with one attached hydrogen (secondary N) is 2. The quantitative estimate of drug-likeness (QED) is 0.874. The number of rotatable bonds is 4. The lowest BCUT2D eigenvalue weighted by Gasteiger charge is -2.08. The van der Waals surface area contributed by atoms with E-state index in [4.69, 9.17) is 4.74 Å². The van der Waals surface area contributed by atoms with Crippen LogP contribution in [0.3, 0.4) is 0 Å². The molecule has 3 amide bonds. The van der Waals surface area contributed by atoms with Gasteiger partial charge in [0, 0.05) is 12.0 Å². The van der Waals surface area contributed by atoms with E-state index in [1.54, 1.807) is 24.4 Å². The molecular formula is C17H16N2O5S. The first-order chi connectivity index (χ1) is 12.1. The Labute approximate surface area is 147 Å². The first kappa shape index (κ1) is 17.0. The largest absolute Gasteiger partial charge is 0.493 e. The fraction of sp³-hybridized carbons (Fsp3) is 0.235. The van der Waals surface area contributed by atoms with Crippen LogP contribution in [-0.4, -0.2) is 31.1 Å². The summed E-state index contributed by atoms with van der Waals surface area (Å²) in [7, 11) is 0. The van der Waals surface area contributed by atoms with Crippen molar-refractivity contribution >= 4 is 34.2 Å². The van der Waals surface area contributed by atoms with E-state index in [1.165, 1.54) is 17.4 Å². The maximum absolute atomic E-state index is 12.4. The highest BCUT2D eigenvalue weighted by atomic mass is 32.1. The lowest BCUT2D eigenvalue weighted by atomic mass is 10.1. The second kappa shape index (κ2) is 7.35. The number of anilines is 1. The van der Waals surface area contributed by atoms with Gasteiger partial charge in [-0.15, -0.1) is 11.3 Å². The molecule has 3 rings (SSSR count). The van der Waals surface area contributed by atoms with Gasteiger partial charge in [-0.2, -0.15) is 0 Å². The van der Waals surface area contributed by atoms with E-state index in [0.29, 0.717) is 22.9 Å². The van der Waals surface area contributed by atoms with E-state index in [2.05, 4.69) is 15.4 Å². The molecular weight excluding hydrogens is 344 g/mol. The van der Waals surface area contributed by atoms with Gasteiger partial charge < -0.3 is 14.8 Å². The number of imide groups is 1. The molecule has 7 nitrogen and oxygen atoms in total. The Bertz CT molecular complexity index is 830. The summed E-state index contributed by atoms with van der Waals surface area (Å²) in [5, 5.41) is 6.81. The van der Waals surface area contributed by atoms with Crippen molar-refractivity contribution in [3.05, 3.63) is 46.3 Å². The molecule has 2 aromatic rings. The van der Waals surface area contributed by atoms with Gasteiger partial charge in [-0.1, -0.05) is 6.07 Å². The van der Waals surface area contributed by atoms with Crippen LogP contribution in [0.15, 0.2) is 29.6 Å². The van der Waals surface area contributed by atoms with Gasteiger partial charge in [0.25, 0.3) is 11.8 Å². The van der Waals surface area contributed by atoms with Crippen molar-refractivity contribution in [3.8, 4) is 5.75 Å². The Morgan fingerprint density at radius 3 is 2.88 bits per heavy atom. The van der Waals surface area contributed by atoms with Gasteiger partial charge in [0.2, 0.25) is 0 Å². The summed E-state index contributed by atoms with van der Waals surface area (Å²) in [6.45, 7) is 2.41. The number of thiophene rings is 1. The maximum Gasteiger partial charge on any atom is 0.414 e. The lowest BCUT2D eigenvalue weighted by Crippen LogP contribution is -2.31. The zero-order chi connectivity index (χ0) is 17.8. The van der Waals surface area contributed by atoms with Gasteiger partial charge in [-0.25, -0.2) is 4.79 Å². The minimum atomic E-state index is -0.827. The van der Waals surface area contributed by atoms with E-state index in [-0.39, 0.29) is 18.1 Å². The summed E-state index contributed by atoms with van der Waals surface area (Å²) in [5.74, 6) is -0.280. The summed E-state index contributed by atoms with van der Waals surface area (Å²) in [6, 6.07) is 6.79. The van der Waals surface area contributed by atoms with E-state index in [0.717, 1.165) is 12.0 Å². The Morgan fingerprint density at radius 2 is 2.08 bits per heavy atom. The number of hydrogen-bond acceptors (Lipinski definition) is 6. The first-order valence-electron chi connectivity index (χ1n) is 7.71. The van der Waals surface area contributed by atoms with Crippen LogP contribution in [0.25, 0.3) is 0 Å². The van der Waals surface area contributed by atoms with Gasteiger partial charge in [-0.05, 0) is 36.1 Å². The average molecular weight is 360 g/mol. The third kappa shape index (κ3) is 3.80. The standard InChI is InChI=1S/C17H16N2O5S/c1-2-23-17(22)19-15(21)12-6-8-25-16(12)18-14(20)11-4-3-10-5-7-24-13(10)9-11/h3-4,6,8-9H,2,5,7H2,1H3,(H,18,20)(H,19,21,22). The molecule has 0 aliphatic carbocycles. The van der Waals surface area contributed by atoms with Crippen LogP contribution in [0, 0.1) is 0 Å². The minimum Gasteiger partial charge on any atom is -0.493 e. The number of hydrogen-bond donors (Lipinski definition) is 2. The van der Waals surface area contributed by atoms with Crippen LogP contribution in [0.1, 0.15) is 33.2 Å². The molecule has 1 aromatic heterocycles. The number of carbonyl (C=O) groups is 3. The van der Waals surface area contributed by atoms with Gasteiger partial charge in [0.1, 0.15) is 10.8 Å². The van der Waals surface area contributed by atoms with Gasteiger partial charge in [0.15, 0.2) is 0 Å². The number of alkyl carbamates (subject to hydrolysis) is 1. The minimum absolute atomic E-state index is 0.159. The molecule has 0 atom stereocenters. The molecule has 0 saturated carbocycles. The molecule has 1 aromatic carbocycles. The summed E-state index contributed by atoms with van der Waals surface area (Å²) >= 11 is 1.19. The molecule has 0 fully saturated rings. The topological polar surface area (TPSA) is 93.7 Å². The fourth-order valence-corrected chi connectivity index (χ4v) is 3.17. The van der Waals surface area contributed by atoms with E-state index < -0.39 is 12.0 Å². The third-order valence-electron chi connectivity index (χ3n) is 3.59. The Balaban J connectivity index is 1.71. The van der Waals surface area contributed by atoms with E-state index in [9.17, 15) is 14.4 Å². The van der Waals surface area contributed by atoms with Crippen molar-refractivity contribution in [2.45, 2.75) is 13.3 Å². The number of amides is 3.